The molecule has 1 saturated heterocycles. The first-order valence-electron chi connectivity index (χ1n) is 25.8. The summed E-state index contributed by atoms with van der Waals surface area (Å²) in [6, 6.07) is 12.2. The Bertz CT molecular complexity index is 2150. The zero-order chi connectivity index (χ0) is 55.0. The van der Waals surface area contributed by atoms with E-state index in [0.717, 1.165) is 37.2 Å². The van der Waals surface area contributed by atoms with E-state index < -0.39 is 84.6 Å². The second-order valence-corrected chi connectivity index (χ2v) is 18.6. The first-order valence-corrected chi connectivity index (χ1v) is 25.8. The number of nitrogens with one attached hydrogen (secondary N) is 6. The fourth-order valence-electron chi connectivity index (χ4n) is 8.29. The number of benzene rings is 2. The van der Waals surface area contributed by atoms with E-state index >= 15 is 0 Å². The average molecular weight is 1050 g/mol. The molecule has 23 nitrogen and oxygen atoms in total. The monoisotopic (exact) mass is 1050 g/mol. The number of Topliss-reactive ketones (excluding diaryl/α,β-unsaturated/α-hetero) is 1. The Balaban J connectivity index is 1.46. The Morgan fingerprint density at radius 1 is 0.467 bits per heavy atom. The molecule has 0 aromatic heterocycles. The number of carboxylic acids is 4. The number of carbonyl (C=O) groups excluding carboxylic acids is 6. The topological polar surface area (TPSA) is 334 Å². The number of unbranched alkanes of at least 4 members (excludes halogenated alkanes) is 4. The molecule has 3 rings (SSSR count). The maximum absolute atomic E-state index is 14.0. The maximum atomic E-state index is 14.0. The number of aliphatic carboxylic acids is 4. The summed E-state index contributed by atoms with van der Waals surface area (Å²) in [4.78, 5) is 130. The molecule has 2 aromatic carbocycles. The Kier molecular flexibility index (Phi) is 29.3. The van der Waals surface area contributed by atoms with Gasteiger partial charge in [-0.2, -0.15) is 0 Å². The van der Waals surface area contributed by atoms with Crippen LogP contribution in [0, 0.1) is 0 Å². The molecule has 2 aromatic rings. The second kappa shape index (κ2) is 35.3. The van der Waals surface area contributed by atoms with Gasteiger partial charge in [-0.15, -0.1) is 0 Å². The molecule has 1 fully saturated rings. The number of nitrogens with zero attached hydrogens (tertiary/aromatic N) is 3. The van der Waals surface area contributed by atoms with Crippen LogP contribution in [0.25, 0.3) is 0 Å². The lowest BCUT2D eigenvalue weighted by molar-refractivity contribution is -0.141. The fourth-order valence-corrected chi connectivity index (χ4v) is 8.29. The minimum absolute atomic E-state index is 0.00654. The summed E-state index contributed by atoms with van der Waals surface area (Å²) in [5, 5.41) is 52.3. The van der Waals surface area contributed by atoms with E-state index in [4.69, 9.17) is 5.11 Å². The van der Waals surface area contributed by atoms with E-state index in [1.54, 1.807) is 0 Å². The third kappa shape index (κ3) is 27.2. The summed E-state index contributed by atoms with van der Waals surface area (Å²) in [5.74, 6) is -6.86. The number of urea groups is 1. The van der Waals surface area contributed by atoms with Crippen molar-refractivity contribution in [3.8, 4) is 0 Å². The number of rotatable bonds is 35. The van der Waals surface area contributed by atoms with Gasteiger partial charge in [-0.3, -0.25) is 43.4 Å². The third-order valence-electron chi connectivity index (χ3n) is 12.6. The molecule has 23 heteroatoms. The van der Waals surface area contributed by atoms with Crippen LogP contribution in [0.15, 0.2) is 60.7 Å². The number of carboxylic acid groups (broad SMARTS) is 4. The molecule has 0 aliphatic carbocycles. The molecule has 1 aliphatic heterocycles. The average Bonchev–Trinajstić information content (AvgIpc) is 3.46. The molecule has 75 heavy (non-hydrogen) atoms. The first kappa shape index (κ1) is 62.3. The van der Waals surface area contributed by atoms with Crippen molar-refractivity contribution in [2.75, 3.05) is 72.0 Å². The van der Waals surface area contributed by atoms with Crippen LogP contribution in [0.1, 0.15) is 95.1 Å². The van der Waals surface area contributed by atoms with Crippen LogP contribution in [0.3, 0.4) is 0 Å². The van der Waals surface area contributed by atoms with E-state index in [-0.39, 0.29) is 69.8 Å². The predicted molar refractivity (Wildman–Crippen MR) is 275 cm³/mol. The summed E-state index contributed by atoms with van der Waals surface area (Å²) in [6.45, 7) is 7.44. The van der Waals surface area contributed by atoms with Crippen LogP contribution in [0.2, 0.25) is 0 Å². The molecular formula is C52H77N9O14. The lowest BCUT2D eigenvalue weighted by Gasteiger charge is -2.24. The van der Waals surface area contributed by atoms with Crippen molar-refractivity contribution in [2.24, 2.45) is 0 Å². The number of hydrogen-bond acceptors (Lipinski definition) is 13. The van der Waals surface area contributed by atoms with Gasteiger partial charge in [-0.25, -0.2) is 14.4 Å². The molecular weight excluding hydrogens is 975 g/mol. The Hall–Kier alpha value is -6.98. The number of amides is 6. The highest BCUT2D eigenvalue weighted by Crippen LogP contribution is 2.11. The van der Waals surface area contributed by atoms with Gasteiger partial charge in [0.15, 0.2) is 0 Å². The van der Waals surface area contributed by atoms with Crippen molar-refractivity contribution < 1.29 is 68.4 Å². The van der Waals surface area contributed by atoms with Crippen molar-refractivity contribution in [1.29, 1.82) is 0 Å². The van der Waals surface area contributed by atoms with Crippen LogP contribution < -0.4 is 31.9 Å². The largest absolute Gasteiger partial charge is 0.481 e. The zero-order valence-corrected chi connectivity index (χ0v) is 43.0. The Labute approximate surface area is 437 Å². The van der Waals surface area contributed by atoms with E-state index in [2.05, 4.69) is 43.3 Å². The molecule has 1 heterocycles. The lowest BCUT2D eigenvalue weighted by atomic mass is 10.0. The zero-order valence-electron chi connectivity index (χ0n) is 43.0. The molecule has 0 bridgehead atoms. The van der Waals surface area contributed by atoms with Gasteiger partial charge in [0.05, 0.1) is 13.1 Å². The molecule has 0 radical (unpaired) electrons. The normalized spacial score (nSPS) is 15.0. The van der Waals surface area contributed by atoms with Gasteiger partial charge in [-0.05, 0) is 49.8 Å². The molecule has 414 valence electrons. The first-order chi connectivity index (χ1) is 35.9. The number of likely N-dealkylation sites (N-methyl/N-ethyl adjacent to an activating group) is 1. The van der Waals surface area contributed by atoms with E-state index in [1.165, 1.54) is 0 Å². The number of ketones is 1. The standard InChI is InChI=1S/C52H77N9O14/c1-2-59-27-29-60(31-32-61(30-28-59)36-47(67)68)35-39(62)19-14-26-54-48(69)42(33-37-15-8-6-9-16-37)56-49(70)43(34-38-17-10-7-11-18-38)55-45(64)20-12-4-3-5-13-25-53-44(63)23-21-40(50(71)72)57-52(75)58-41(51(73)74)22-24-46(65)66/h6-11,15-18,40-43H,2-5,12-14,19-36H2,1H3,(H,53,63)(H,54,69)(H,55,64)(H,56,70)(H,65,66)(H,67,68)(H,71,72)(H,73,74)(H2,57,58,75)/t40?,41?,42-,43-/m0/s1. The highest BCUT2D eigenvalue weighted by molar-refractivity contribution is 5.92. The summed E-state index contributed by atoms with van der Waals surface area (Å²) >= 11 is 0. The van der Waals surface area contributed by atoms with E-state index in [1.807, 2.05) is 70.9 Å². The minimum Gasteiger partial charge on any atom is -0.481 e. The van der Waals surface area contributed by atoms with Gasteiger partial charge >= 0.3 is 29.9 Å². The van der Waals surface area contributed by atoms with Crippen LogP contribution in [0.4, 0.5) is 4.79 Å². The lowest BCUT2D eigenvalue weighted by Crippen LogP contribution is -2.55. The second-order valence-electron chi connectivity index (χ2n) is 18.6. The van der Waals surface area contributed by atoms with Crippen LogP contribution in [0.5, 0.6) is 0 Å². The number of carbonyl (C=O) groups is 10. The Morgan fingerprint density at radius 3 is 1.49 bits per heavy atom. The van der Waals surface area contributed by atoms with Crippen molar-refractivity contribution >= 4 is 59.3 Å². The van der Waals surface area contributed by atoms with Crippen LogP contribution >= 0.6 is 0 Å². The van der Waals surface area contributed by atoms with Gasteiger partial charge < -0.3 is 57.2 Å². The van der Waals surface area contributed by atoms with Crippen molar-refractivity contribution in [3.05, 3.63) is 71.8 Å². The van der Waals surface area contributed by atoms with Gasteiger partial charge in [0.25, 0.3) is 0 Å². The van der Waals surface area contributed by atoms with Gasteiger partial charge in [0.2, 0.25) is 23.6 Å². The van der Waals surface area contributed by atoms with E-state index in [9.17, 15) is 63.3 Å². The van der Waals surface area contributed by atoms with E-state index in [0.29, 0.717) is 64.8 Å². The summed E-state index contributed by atoms with van der Waals surface area (Å²) in [6.07, 6.45) is 2.83. The van der Waals surface area contributed by atoms with Gasteiger partial charge in [-0.1, -0.05) is 86.8 Å². The molecule has 4 atom stereocenters. The number of hydrogen-bond donors (Lipinski definition) is 10. The Morgan fingerprint density at radius 2 is 0.960 bits per heavy atom. The van der Waals surface area contributed by atoms with Gasteiger partial charge in [0, 0.05) is 90.9 Å². The van der Waals surface area contributed by atoms with Crippen molar-refractivity contribution in [2.45, 2.75) is 121 Å². The van der Waals surface area contributed by atoms with Crippen LogP contribution in [-0.2, 0) is 56.0 Å². The van der Waals surface area contributed by atoms with Crippen molar-refractivity contribution in [3.63, 3.8) is 0 Å². The third-order valence-corrected chi connectivity index (χ3v) is 12.6. The molecule has 1 aliphatic rings. The highest BCUT2D eigenvalue weighted by atomic mass is 16.4. The molecule has 10 N–H and O–H groups in total. The maximum Gasteiger partial charge on any atom is 0.326 e. The van der Waals surface area contributed by atoms with Gasteiger partial charge in [0.1, 0.15) is 30.0 Å². The van der Waals surface area contributed by atoms with Crippen molar-refractivity contribution in [1.82, 2.24) is 46.6 Å². The molecule has 0 spiro atoms. The fraction of sp³-hybridized carbons (Fsp3) is 0.577. The quantitative estimate of drug-likeness (QED) is 0.0434. The smallest absolute Gasteiger partial charge is 0.326 e. The molecule has 2 unspecified atom stereocenters. The summed E-state index contributed by atoms with van der Waals surface area (Å²) < 4.78 is 0. The molecule has 0 saturated carbocycles. The summed E-state index contributed by atoms with van der Waals surface area (Å²) in [5.41, 5.74) is 1.61. The minimum atomic E-state index is -1.56. The summed E-state index contributed by atoms with van der Waals surface area (Å²) in [7, 11) is 0. The van der Waals surface area contributed by atoms with Crippen LogP contribution in [-0.4, -0.2) is 191 Å². The predicted octanol–water partition coefficient (Wildman–Crippen LogP) is 1.24. The highest BCUT2D eigenvalue weighted by Gasteiger charge is 2.29. The SMILES string of the molecule is CCN1CCN(CC(=O)O)CCN(CC(=O)CCCNC(=O)[C@H](Cc2ccccc2)NC(=O)[C@H](Cc2ccccc2)NC(=O)CCCCCCCNC(=O)CCC(NC(=O)NC(CCC(=O)O)C(=O)O)C(=O)O)CC1. The molecule has 6 amide bonds.